The Kier molecular flexibility index (Phi) is 7.85. The molecule has 0 unspecified atom stereocenters. The first kappa shape index (κ1) is 32.4. The van der Waals surface area contributed by atoms with Crippen LogP contribution in [0.2, 0.25) is 0 Å². The Bertz CT molecular complexity index is 3010. The molecule has 0 N–H and O–H groups in total. The van der Waals surface area contributed by atoms with Crippen LogP contribution in [0.3, 0.4) is 0 Å². The van der Waals surface area contributed by atoms with Gasteiger partial charge in [-0.2, -0.15) is 0 Å². The lowest BCUT2D eigenvalue weighted by Gasteiger charge is -2.24. The van der Waals surface area contributed by atoms with Crippen LogP contribution in [0.1, 0.15) is 10.4 Å². The second-order valence-corrected chi connectivity index (χ2v) is 14.0. The van der Waals surface area contributed by atoms with E-state index < -0.39 is 0 Å². The quantitative estimate of drug-likeness (QED) is 0.122. The standard InChI is InChI=1S/C52H35NO2/c1-53(48-23-10-8-15-41(48)39-14-3-2-13-37(39)33-54)38-31-29-36(30-32-38)51-45-19-6-4-17-43(45)50(44-18-5-7-20-46(44)51)35-27-25-34(26-28-35)40-21-12-22-47-42-16-9-11-24-49(42)55-52(40)47/h2-33H,1H3. The Morgan fingerprint density at radius 3 is 1.53 bits per heavy atom. The molecule has 10 aromatic rings. The molecule has 3 nitrogen and oxygen atoms in total. The Morgan fingerprint density at radius 2 is 0.891 bits per heavy atom. The van der Waals surface area contributed by atoms with Crippen LogP contribution in [0.5, 0.6) is 0 Å². The zero-order valence-electron chi connectivity index (χ0n) is 30.2. The number of aldehydes is 1. The number of hydrogen-bond donors (Lipinski definition) is 0. The van der Waals surface area contributed by atoms with Gasteiger partial charge in [0.15, 0.2) is 6.29 Å². The van der Waals surface area contributed by atoms with E-state index in [0.29, 0.717) is 5.56 Å². The number of carbonyl (C=O) groups is 1. The first-order valence-electron chi connectivity index (χ1n) is 18.6. The van der Waals surface area contributed by atoms with Gasteiger partial charge in [-0.1, -0.05) is 164 Å². The van der Waals surface area contributed by atoms with E-state index in [2.05, 4.69) is 151 Å². The summed E-state index contributed by atoms with van der Waals surface area (Å²) < 4.78 is 6.38. The van der Waals surface area contributed by atoms with Gasteiger partial charge in [0.05, 0.1) is 0 Å². The Labute approximate surface area is 319 Å². The summed E-state index contributed by atoms with van der Waals surface area (Å²) in [5, 5.41) is 7.13. The number of furan rings is 1. The summed E-state index contributed by atoms with van der Waals surface area (Å²) >= 11 is 0. The number of anilines is 2. The van der Waals surface area contributed by atoms with Crippen molar-refractivity contribution in [2.24, 2.45) is 0 Å². The average molecular weight is 706 g/mol. The molecule has 0 saturated carbocycles. The van der Waals surface area contributed by atoms with Crippen molar-refractivity contribution in [1.82, 2.24) is 0 Å². The zero-order chi connectivity index (χ0) is 36.9. The monoisotopic (exact) mass is 705 g/mol. The minimum absolute atomic E-state index is 0.678. The van der Waals surface area contributed by atoms with Crippen LogP contribution in [0.15, 0.2) is 192 Å². The van der Waals surface area contributed by atoms with Gasteiger partial charge in [-0.05, 0) is 79.2 Å². The molecule has 3 heteroatoms. The lowest BCUT2D eigenvalue weighted by atomic mass is 9.85. The third kappa shape index (κ3) is 5.40. The number of benzene rings is 9. The molecule has 0 fully saturated rings. The smallest absolute Gasteiger partial charge is 0.150 e. The Balaban J connectivity index is 1.06. The highest BCUT2D eigenvalue weighted by atomic mass is 16.3. The van der Waals surface area contributed by atoms with Gasteiger partial charge in [0.2, 0.25) is 0 Å². The fourth-order valence-electron chi connectivity index (χ4n) is 8.37. The molecular weight excluding hydrogens is 671 g/mol. The van der Waals surface area contributed by atoms with Crippen LogP contribution in [0.25, 0.3) is 88.0 Å². The highest BCUT2D eigenvalue weighted by Crippen LogP contribution is 2.45. The van der Waals surface area contributed by atoms with Crippen molar-refractivity contribution in [3.63, 3.8) is 0 Å². The maximum absolute atomic E-state index is 11.9. The molecular formula is C52H35NO2. The molecule has 0 atom stereocenters. The van der Waals surface area contributed by atoms with E-state index in [4.69, 9.17) is 4.42 Å². The van der Waals surface area contributed by atoms with Crippen LogP contribution < -0.4 is 4.90 Å². The van der Waals surface area contributed by atoms with Crippen molar-refractivity contribution in [3.05, 3.63) is 194 Å². The minimum atomic E-state index is 0.678. The first-order valence-corrected chi connectivity index (χ1v) is 18.6. The van der Waals surface area contributed by atoms with Crippen molar-refractivity contribution >= 4 is 61.1 Å². The summed E-state index contributed by atoms with van der Waals surface area (Å²) in [5.74, 6) is 0. The molecule has 0 aliphatic carbocycles. The molecule has 0 aliphatic rings. The summed E-state index contributed by atoms with van der Waals surface area (Å²) in [6, 6.07) is 66.0. The van der Waals surface area contributed by atoms with Crippen molar-refractivity contribution in [2.45, 2.75) is 0 Å². The van der Waals surface area contributed by atoms with Gasteiger partial charge < -0.3 is 9.32 Å². The molecule has 0 saturated heterocycles. The van der Waals surface area contributed by atoms with E-state index in [1.807, 2.05) is 48.5 Å². The number of fused-ring (bicyclic) bond motifs is 5. The summed E-state index contributed by atoms with van der Waals surface area (Å²) in [4.78, 5) is 14.1. The van der Waals surface area contributed by atoms with Crippen molar-refractivity contribution < 1.29 is 9.21 Å². The van der Waals surface area contributed by atoms with Crippen LogP contribution in [-0.2, 0) is 0 Å². The van der Waals surface area contributed by atoms with Crippen molar-refractivity contribution in [3.8, 4) is 44.5 Å². The average Bonchev–Trinajstić information content (AvgIpc) is 3.64. The second kappa shape index (κ2) is 13.3. The summed E-state index contributed by atoms with van der Waals surface area (Å²) in [6.45, 7) is 0. The van der Waals surface area contributed by atoms with Crippen molar-refractivity contribution in [1.29, 1.82) is 0 Å². The topological polar surface area (TPSA) is 33.5 Å². The fraction of sp³-hybridized carbons (Fsp3) is 0.0192. The fourth-order valence-corrected chi connectivity index (χ4v) is 8.37. The molecule has 0 spiro atoms. The predicted octanol–water partition coefficient (Wildman–Crippen LogP) is 14.1. The highest BCUT2D eigenvalue weighted by molar-refractivity contribution is 6.21. The van der Waals surface area contributed by atoms with E-state index in [1.54, 1.807) is 0 Å². The van der Waals surface area contributed by atoms with Gasteiger partial charge >= 0.3 is 0 Å². The molecule has 0 radical (unpaired) electrons. The Hall–Kier alpha value is -7.23. The maximum Gasteiger partial charge on any atom is 0.150 e. The third-order valence-corrected chi connectivity index (χ3v) is 11.0. The number of carbonyl (C=O) groups excluding carboxylic acids is 1. The van der Waals surface area contributed by atoms with Gasteiger partial charge in [-0.15, -0.1) is 0 Å². The summed E-state index contributed by atoms with van der Waals surface area (Å²) in [7, 11) is 2.08. The molecule has 9 aromatic carbocycles. The molecule has 55 heavy (non-hydrogen) atoms. The van der Waals surface area contributed by atoms with Crippen LogP contribution in [0, 0.1) is 0 Å². The molecule has 0 aliphatic heterocycles. The van der Waals surface area contributed by atoms with Gasteiger partial charge in [-0.25, -0.2) is 0 Å². The number of para-hydroxylation sites is 3. The maximum atomic E-state index is 11.9. The van der Waals surface area contributed by atoms with E-state index in [9.17, 15) is 4.79 Å². The molecule has 1 aromatic heterocycles. The van der Waals surface area contributed by atoms with Crippen LogP contribution in [0.4, 0.5) is 11.4 Å². The van der Waals surface area contributed by atoms with Crippen LogP contribution >= 0.6 is 0 Å². The third-order valence-electron chi connectivity index (χ3n) is 11.0. The normalized spacial score (nSPS) is 11.4. The Morgan fingerprint density at radius 1 is 0.418 bits per heavy atom. The van der Waals surface area contributed by atoms with Gasteiger partial charge in [-0.3, -0.25) is 4.79 Å². The minimum Gasteiger partial charge on any atom is -0.455 e. The zero-order valence-corrected chi connectivity index (χ0v) is 30.2. The van der Waals surface area contributed by atoms with Gasteiger partial charge in [0.1, 0.15) is 11.2 Å². The van der Waals surface area contributed by atoms with E-state index in [0.717, 1.165) is 67.4 Å². The van der Waals surface area contributed by atoms with E-state index >= 15 is 0 Å². The molecule has 0 amide bonds. The van der Waals surface area contributed by atoms with E-state index in [1.165, 1.54) is 38.2 Å². The number of hydrogen-bond acceptors (Lipinski definition) is 3. The highest BCUT2D eigenvalue weighted by Gasteiger charge is 2.19. The van der Waals surface area contributed by atoms with E-state index in [-0.39, 0.29) is 0 Å². The molecule has 1 heterocycles. The lowest BCUT2D eigenvalue weighted by molar-refractivity contribution is 0.112. The molecule has 10 rings (SSSR count). The largest absolute Gasteiger partial charge is 0.455 e. The molecule has 0 bridgehead atoms. The number of rotatable bonds is 7. The summed E-state index contributed by atoms with van der Waals surface area (Å²) in [6.07, 6.45) is 0.931. The van der Waals surface area contributed by atoms with Crippen LogP contribution in [-0.4, -0.2) is 13.3 Å². The number of nitrogens with zero attached hydrogens (tertiary/aromatic N) is 1. The first-order chi connectivity index (χ1) is 27.2. The lowest BCUT2D eigenvalue weighted by Crippen LogP contribution is -2.10. The SMILES string of the molecule is CN(c1ccc(-c2c3ccccc3c(-c3ccc(-c4cccc5c4oc4ccccc45)cc3)c3ccccc23)cc1)c1ccccc1-c1ccccc1C=O. The molecule has 260 valence electrons. The second-order valence-electron chi connectivity index (χ2n) is 14.0. The van der Waals surface area contributed by atoms with Gasteiger partial charge in [0, 0.05) is 45.9 Å². The predicted molar refractivity (Wildman–Crippen MR) is 230 cm³/mol. The van der Waals surface area contributed by atoms with Gasteiger partial charge in [0.25, 0.3) is 0 Å². The van der Waals surface area contributed by atoms with Crippen molar-refractivity contribution in [2.75, 3.05) is 11.9 Å². The summed E-state index contributed by atoms with van der Waals surface area (Å²) in [5.41, 5.74) is 13.5.